The van der Waals surface area contributed by atoms with Crippen LogP contribution in [0.3, 0.4) is 0 Å². The molecule has 0 radical (unpaired) electrons. The number of nitrogens with one attached hydrogen (secondary N) is 1. The molecule has 0 saturated carbocycles. The molecule has 168 valence electrons. The number of aromatic nitrogens is 3. The molecule has 6 nitrogen and oxygen atoms in total. The van der Waals surface area contributed by atoms with Crippen LogP contribution in [0.25, 0.3) is 0 Å². The predicted molar refractivity (Wildman–Crippen MR) is 112 cm³/mol. The Morgan fingerprint density at radius 3 is 2.47 bits per heavy atom. The summed E-state index contributed by atoms with van der Waals surface area (Å²) in [4.78, 5) is 14.1. The molecular weight excluding hydrogens is 419 g/mol. The third kappa shape index (κ3) is 5.34. The lowest BCUT2D eigenvalue weighted by Crippen LogP contribution is -2.29. The second-order valence-corrected chi connectivity index (χ2v) is 7.81. The summed E-state index contributed by atoms with van der Waals surface area (Å²) in [5.41, 5.74) is 0.820. The van der Waals surface area contributed by atoms with E-state index in [1.165, 1.54) is 30.3 Å². The van der Waals surface area contributed by atoms with Crippen molar-refractivity contribution in [2.24, 2.45) is 0 Å². The van der Waals surface area contributed by atoms with Crippen molar-refractivity contribution >= 4 is 5.91 Å². The molecule has 0 fully saturated rings. The number of hydrogen-bond donors (Lipinski definition) is 1. The van der Waals surface area contributed by atoms with Gasteiger partial charge in [-0.05, 0) is 29.8 Å². The molecule has 0 aliphatic carbocycles. The Labute approximate surface area is 184 Å². The maximum Gasteiger partial charge on any atom is 0.224 e. The van der Waals surface area contributed by atoms with E-state index in [0.717, 1.165) is 17.2 Å². The minimum absolute atomic E-state index is 0.0780. The SMILES string of the molecule is O=C(Cc1ccc(F)cc1)NCCc1nnc2n1CCN(Cc1c(F)cccc1F)CC2. The standard InChI is InChI=1S/C23H24F3N5O/c24-17-6-4-16(5-7-17)14-23(32)27-10-8-21-28-29-22-9-11-30(12-13-31(21)22)15-18-19(25)2-1-3-20(18)26/h1-7H,8-15H2,(H,27,32). The first-order chi connectivity index (χ1) is 15.5. The maximum atomic E-state index is 14.0. The number of hydrogen-bond acceptors (Lipinski definition) is 4. The summed E-state index contributed by atoms with van der Waals surface area (Å²) < 4.78 is 43.0. The highest BCUT2D eigenvalue weighted by Gasteiger charge is 2.20. The molecule has 1 N–H and O–H groups in total. The van der Waals surface area contributed by atoms with Crippen LogP contribution in [0.4, 0.5) is 13.2 Å². The molecule has 0 unspecified atom stereocenters. The van der Waals surface area contributed by atoms with Crippen LogP contribution in [-0.2, 0) is 37.1 Å². The van der Waals surface area contributed by atoms with Gasteiger partial charge in [0.1, 0.15) is 29.1 Å². The summed E-state index contributed by atoms with van der Waals surface area (Å²) >= 11 is 0. The van der Waals surface area contributed by atoms with Gasteiger partial charge >= 0.3 is 0 Å². The van der Waals surface area contributed by atoms with Gasteiger partial charge in [0.15, 0.2) is 0 Å². The van der Waals surface area contributed by atoms with Crippen molar-refractivity contribution in [2.75, 3.05) is 19.6 Å². The molecule has 0 atom stereocenters. The van der Waals surface area contributed by atoms with Gasteiger partial charge in [0, 0.05) is 51.1 Å². The first-order valence-corrected chi connectivity index (χ1v) is 10.6. The van der Waals surface area contributed by atoms with E-state index in [1.807, 2.05) is 9.47 Å². The fourth-order valence-corrected chi connectivity index (χ4v) is 3.84. The van der Waals surface area contributed by atoms with Crippen molar-refractivity contribution in [3.63, 3.8) is 0 Å². The van der Waals surface area contributed by atoms with Crippen LogP contribution in [0.15, 0.2) is 42.5 Å². The molecule has 1 amide bonds. The predicted octanol–water partition coefficient (Wildman–Crippen LogP) is 2.66. The number of halogens is 3. The van der Waals surface area contributed by atoms with E-state index in [0.29, 0.717) is 39.0 Å². The van der Waals surface area contributed by atoms with Crippen LogP contribution in [0.1, 0.15) is 22.8 Å². The quantitative estimate of drug-likeness (QED) is 0.610. The Balaban J connectivity index is 1.29. The molecule has 0 bridgehead atoms. The lowest BCUT2D eigenvalue weighted by atomic mass is 10.1. The Morgan fingerprint density at radius 1 is 0.969 bits per heavy atom. The third-order valence-electron chi connectivity index (χ3n) is 5.59. The van der Waals surface area contributed by atoms with Crippen LogP contribution in [0.2, 0.25) is 0 Å². The third-order valence-corrected chi connectivity index (χ3v) is 5.59. The van der Waals surface area contributed by atoms with Gasteiger partial charge in [0.2, 0.25) is 5.91 Å². The molecule has 4 rings (SSSR count). The van der Waals surface area contributed by atoms with E-state index in [-0.39, 0.29) is 30.3 Å². The van der Waals surface area contributed by atoms with Gasteiger partial charge < -0.3 is 9.88 Å². The summed E-state index contributed by atoms with van der Waals surface area (Å²) in [6.07, 6.45) is 1.32. The normalized spacial score (nSPS) is 14.1. The van der Waals surface area contributed by atoms with Crippen LogP contribution in [-0.4, -0.2) is 45.2 Å². The zero-order valence-corrected chi connectivity index (χ0v) is 17.5. The number of fused-ring (bicyclic) bond motifs is 1. The lowest BCUT2D eigenvalue weighted by molar-refractivity contribution is -0.120. The fraction of sp³-hybridized carbons (Fsp3) is 0.348. The van der Waals surface area contributed by atoms with E-state index in [9.17, 15) is 18.0 Å². The molecule has 1 aromatic heterocycles. The smallest absolute Gasteiger partial charge is 0.224 e. The van der Waals surface area contributed by atoms with Crippen LogP contribution in [0.5, 0.6) is 0 Å². The Hall–Kier alpha value is -3.20. The molecule has 1 aliphatic rings. The molecule has 1 aliphatic heterocycles. The Morgan fingerprint density at radius 2 is 1.72 bits per heavy atom. The number of nitrogens with zero attached hydrogens (tertiary/aromatic N) is 4. The highest BCUT2D eigenvalue weighted by molar-refractivity contribution is 5.78. The molecule has 0 saturated heterocycles. The second kappa shape index (κ2) is 9.95. The molecular formula is C23H24F3N5O. The van der Waals surface area contributed by atoms with Crippen LogP contribution in [0, 0.1) is 17.5 Å². The van der Waals surface area contributed by atoms with Gasteiger partial charge in [-0.25, -0.2) is 13.2 Å². The average Bonchev–Trinajstić information content (AvgIpc) is 3.04. The summed E-state index contributed by atoms with van der Waals surface area (Å²) in [5.74, 6) is 0.0381. The van der Waals surface area contributed by atoms with Crippen molar-refractivity contribution < 1.29 is 18.0 Å². The fourth-order valence-electron chi connectivity index (χ4n) is 3.84. The number of carbonyl (C=O) groups is 1. The number of amides is 1. The van der Waals surface area contributed by atoms with Gasteiger partial charge in [0.25, 0.3) is 0 Å². The largest absolute Gasteiger partial charge is 0.355 e. The molecule has 2 heterocycles. The number of benzene rings is 2. The minimum atomic E-state index is -0.536. The van der Waals surface area contributed by atoms with Gasteiger partial charge in [-0.2, -0.15) is 0 Å². The molecule has 2 aromatic carbocycles. The summed E-state index contributed by atoms with van der Waals surface area (Å²) in [6.45, 7) is 2.45. The van der Waals surface area contributed by atoms with E-state index in [1.54, 1.807) is 12.1 Å². The number of rotatable bonds is 7. The monoisotopic (exact) mass is 443 g/mol. The zero-order valence-electron chi connectivity index (χ0n) is 17.5. The van der Waals surface area contributed by atoms with E-state index in [2.05, 4.69) is 15.5 Å². The van der Waals surface area contributed by atoms with Crippen molar-refractivity contribution in [1.29, 1.82) is 0 Å². The van der Waals surface area contributed by atoms with Gasteiger partial charge in [-0.3, -0.25) is 9.69 Å². The minimum Gasteiger partial charge on any atom is -0.355 e. The highest BCUT2D eigenvalue weighted by atomic mass is 19.1. The van der Waals surface area contributed by atoms with Crippen LogP contribution >= 0.6 is 0 Å². The van der Waals surface area contributed by atoms with Gasteiger partial charge in [-0.1, -0.05) is 18.2 Å². The van der Waals surface area contributed by atoms with Crippen molar-refractivity contribution in [3.8, 4) is 0 Å². The van der Waals surface area contributed by atoms with Gasteiger partial charge in [0.05, 0.1) is 6.42 Å². The first kappa shape index (κ1) is 22.0. The second-order valence-electron chi connectivity index (χ2n) is 7.81. The molecule has 9 heteroatoms. The Kier molecular flexibility index (Phi) is 6.84. The van der Waals surface area contributed by atoms with E-state index < -0.39 is 11.6 Å². The number of carbonyl (C=O) groups excluding carboxylic acids is 1. The maximum absolute atomic E-state index is 14.0. The van der Waals surface area contributed by atoms with Gasteiger partial charge in [-0.15, -0.1) is 10.2 Å². The lowest BCUT2D eigenvalue weighted by Gasteiger charge is -2.20. The topological polar surface area (TPSA) is 63.1 Å². The molecule has 32 heavy (non-hydrogen) atoms. The zero-order chi connectivity index (χ0) is 22.5. The van der Waals surface area contributed by atoms with E-state index in [4.69, 9.17) is 0 Å². The van der Waals surface area contributed by atoms with Crippen LogP contribution < -0.4 is 5.32 Å². The molecule has 3 aromatic rings. The highest BCUT2D eigenvalue weighted by Crippen LogP contribution is 2.17. The first-order valence-electron chi connectivity index (χ1n) is 10.6. The van der Waals surface area contributed by atoms with Crippen molar-refractivity contribution in [3.05, 3.63) is 82.7 Å². The summed E-state index contributed by atoms with van der Waals surface area (Å²) in [6, 6.07) is 9.75. The summed E-state index contributed by atoms with van der Waals surface area (Å²) in [7, 11) is 0. The Bertz CT molecular complexity index is 1060. The van der Waals surface area contributed by atoms with Crippen molar-refractivity contribution in [2.45, 2.75) is 32.4 Å². The summed E-state index contributed by atoms with van der Waals surface area (Å²) in [5, 5.41) is 11.4. The average molecular weight is 443 g/mol. The molecule has 0 spiro atoms. The van der Waals surface area contributed by atoms with Crippen molar-refractivity contribution in [1.82, 2.24) is 25.0 Å². The van der Waals surface area contributed by atoms with E-state index >= 15 is 0 Å².